The van der Waals surface area contributed by atoms with Gasteiger partial charge in [0.05, 0.1) is 12.5 Å². The molecule has 118 valence electrons. The van der Waals surface area contributed by atoms with Crippen LogP contribution in [0, 0.1) is 23.1 Å². The summed E-state index contributed by atoms with van der Waals surface area (Å²) >= 11 is 0. The second-order valence-electron chi connectivity index (χ2n) is 5.04. The van der Waals surface area contributed by atoms with E-state index in [-0.39, 0.29) is 24.8 Å². The summed E-state index contributed by atoms with van der Waals surface area (Å²) < 4.78 is 12.9. The lowest BCUT2D eigenvalue weighted by atomic mass is 9.98. The molecule has 0 radical (unpaired) electrons. The van der Waals surface area contributed by atoms with Gasteiger partial charge in [0.2, 0.25) is 5.91 Å². The Kier molecular flexibility index (Phi) is 7.03. The Hall–Kier alpha value is -2.42. The van der Waals surface area contributed by atoms with Gasteiger partial charge in [-0.3, -0.25) is 9.59 Å². The fourth-order valence-corrected chi connectivity index (χ4v) is 1.88. The van der Waals surface area contributed by atoms with Crippen molar-refractivity contribution < 1.29 is 14.0 Å². The van der Waals surface area contributed by atoms with E-state index in [2.05, 4.69) is 10.6 Å². The number of benzene rings is 1. The number of nitriles is 1. The molecule has 0 aliphatic heterocycles. The molecule has 0 fully saturated rings. The van der Waals surface area contributed by atoms with Crippen molar-refractivity contribution in [3.05, 3.63) is 35.6 Å². The van der Waals surface area contributed by atoms with Crippen LogP contribution in [-0.4, -0.2) is 24.4 Å². The minimum Gasteiger partial charge on any atom is -0.353 e. The molecule has 22 heavy (non-hydrogen) atoms. The van der Waals surface area contributed by atoms with E-state index in [1.165, 1.54) is 24.3 Å². The van der Waals surface area contributed by atoms with Crippen LogP contribution >= 0.6 is 0 Å². The molecule has 1 aromatic carbocycles. The van der Waals surface area contributed by atoms with Crippen LogP contribution in [0.4, 0.5) is 4.39 Å². The highest BCUT2D eigenvalue weighted by Gasteiger charge is 2.25. The first-order valence-corrected chi connectivity index (χ1v) is 7.20. The van der Waals surface area contributed by atoms with E-state index in [9.17, 15) is 14.0 Å². The van der Waals surface area contributed by atoms with E-state index >= 15 is 0 Å². The Bertz CT molecular complexity index is 552. The van der Waals surface area contributed by atoms with E-state index in [0.717, 1.165) is 0 Å². The summed E-state index contributed by atoms with van der Waals surface area (Å²) in [6.07, 6.45) is 0.922. The molecule has 1 unspecified atom stereocenters. The number of halogens is 1. The van der Waals surface area contributed by atoms with Gasteiger partial charge in [0.25, 0.3) is 5.91 Å². The van der Waals surface area contributed by atoms with Crippen LogP contribution in [0.15, 0.2) is 24.3 Å². The van der Waals surface area contributed by atoms with Crippen molar-refractivity contribution in [1.82, 2.24) is 10.6 Å². The Labute approximate surface area is 129 Å². The zero-order chi connectivity index (χ0) is 16.5. The molecule has 2 N–H and O–H groups in total. The summed E-state index contributed by atoms with van der Waals surface area (Å²) in [5.74, 6) is -1.24. The van der Waals surface area contributed by atoms with Gasteiger partial charge in [-0.2, -0.15) is 5.26 Å². The fourth-order valence-electron chi connectivity index (χ4n) is 1.88. The van der Waals surface area contributed by atoms with Crippen LogP contribution in [0.3, 0.4) is 0 Å². The first-order valence-electron chi connectivity index (χ1n) is 7.20. The Balaban J connectivity index is 2.76. The average Bonchev–Trinajstić information content (AvgIpc) is 2.52. The van der Waals surface area contributed by atoms with Crippen LogP contribution in [0.1, 0.15) is 37.0 Å². The molecule has 1 aromatic rings. The van der Waals surface area contributed by atoms with Crippen molar-refractivity contribution in [2.24, 2.45) is 5.92 Å². The lowest BCUT2D eigenvalue weighted by Gasteiger charge is -2.23. The highest BCUT2D eigenvalue weighted by atomic mass is 19.1. The standard InChI is InChI=1S/C16H20FN3O2/c1-3-11(2)14(16(22)19-10-4-9-18)20-15(21)12-5-7-13(17)8-6-12/h5-8,11,14H,3-4,10H2,1-2H3,(H,19,22)(H,20,21)/t11?,14-/m0/s1. The van der Waals surface area contributed by atoms with E-state index in [1.807, 2.05) is 19.9 Å². The minimum absolute atomic E-state index is 0.0634. The molecule has 0 saturated carbocycles. The number of carbonyl (C=O) groups excluding carboxylic acids is 2. The predicted octanol–water partition coefficient (Wildman–Crippen LogP) is 2.00. The Morgan fingerprint density at radius 3 is 2.50 bits per heavy atom. The second kappa shape index (κ2) is 8.78. The van der Waals surface area contributed by atoms with Gasteiger partial charge in [-0.1, -0.05) is 20.3 Å². The van der Waals surface area contributed by atoms with Gasteiger partial charge in [0, 0.05) is 12.1 Å². The van der Waals surface area contributed by atoms with Crippen molar-refractivity contribution in [1.29, 1.82) is 5.26 Å². The van der Waals surface area contributed by atoms with Crippen molar-refractivity contribution in [3.8, 4) is 6.07 Å². The molecular weight excluding hydrogens is 285 g/mol. The summed E-state index contributed by atoms with van der Waals surface area (Å²) in [5, 5.41) is 13.8. The van der Waals surface area contributed by atoms with Gasteiger partial charge in [-0.05, 0) is 30.2 Å². The molecule has 2 atom stereocenters. The van der Waals surface area contributed by atoms with Crippen molar-refractivity contribution >= 4 is 11.8 Å². The molecule has 0 spiro atoms. The summed E-state index contributed by atoms with van der Waals surface area (Å²) in [6.45, 7) is 4.03. The third-order valence-corrected chi connectivity index (χ3v) is 3.42. The van der Waals surface area contributed by atoms with Gasteiger partial charge >= 0.3 is 0 Å². The Morgan fingerprint density at radius 1 is 1.32 bits per heavy atom. The van der Waals surface area contributed by atoms with Crippen LogP contribution in [-0.2, 0) is 4.79 Å². The predicted molar refractivity (Wildman–Crippen MR) is 80.3 cm³/mol. The maximum absolute atomic E-state index is 12.9. The minimum atomic E-state index is -0.693. The molecule has 0 aromatic heterocycles. The number of rotatable bonds is 7. The number of nitrogens with zero attached hydrogens (tertiary/aromatic N) is 1. The molecular formula is C16H20FN3O2. The molecule has 1 rings (SSSR count). The first-order chi connectivity index (χ1) is 10.5. The van der Waals surface area contributed by atoms with Crippen molar-refractivity contribution in [3.63, 3.8) is 0 Å². The zero-order valence-electron chi connectivity index (χ0n) is 12.7. The van der Waals surface area contributed by atoms with Gasteiger partial charge in [0.15, 0.2) is 0 Å². The van der Waals surface area contributed by atoms with Crippen LogP contribution in [0.25, 0.3) is 0 Å². The SMILES string of the molecule is CCC(C)[C@H](NC(=O)c1ccc(F)cc1)C(=O)NCCC#N. The van der Waals surface area contributed by atoms with Crippen molar-refractivity contribution in [2.75, 3.05) is 6.54 Å². The smallest absolute Gasteiger partial charge is 0.251 e. The number of nitrogens with one attached hydrogen (secondary N) is 2. The first kappa shape index (κ1) is 17.6. The van der Waals surface area contributed by atoms with Crippen LogP contribution < -0.4 is 10.6 Å². The lowest BCUT2D eigenvalue weighted by molar-refractivity contribution is -0.124. The molecule has 0 heterocycles. The average molecular weight is 305 g/mol. The largest absolute Gasteiger partial charge is 0.353 e. The van der Waals surface area contributed by atoms with Crippen molar-refractivity contribution in [2.45, 2.75) is 32.7 Å². The third-order valence-electron chi connectivity index (χ3n) is 3.42. The van der Waals surface area contributed by atoms with Gasteiger partial charge in [-0.15, -0.1) is 0 Å². The second-order valence-corrected chi connectivity index (χ2v) is 5.04. The molecule has 0 aliphatic carbocycles. The Morgan fingerprint density at radius 2 is 1.95 bits per heavy atom. The van der Waals surface area contributed by atoms with E-state index < -0.39 is 17.8 Å². The molecule has 0 aliphatic rings. The third kappa shape index (κ3) is 5.17. The van der Waals surface area contributed by atoms with Gasteiger partial charge in [-0.25, -0.2) is 4.39 Å². The highest BCUT2D eigenvalue weighted by molar-refractivity contribution is 5.97. The topological polar surface area (TPSA) is 82.0 Å². The summed E-state index contributed by atoms with van der Waals surface area (Å²) in [7, 11) is 0. The zero-order valence-corrected chi connectivity index (χ0v) is 12.7. The monoisotopic (exact) mass is 305 g/mol. The molecule has 0 saturated heterocycles. The fraction of sp³-hybridized carbons (Fsp3) is 0.438. The van der Waals surface area contributed by atoms with E-state index in [4.69, 9.17) is 5.26 Å². The molecule has 0 bridgehead atoms. The summed E-state index contributed by atoms with van der Waals surface area (Å²) in [6, 6.07) is 6.37. The molecule has 2 amide bonds. The normalized spacial score (nSPS) is 12.8. The highest BCUT2D eigenvalue weighted by Crippen LogP contribution is 2.10. The molecule has 6 heteroatoms. The summed E-state index contributed by atoms with van der Waals surface area (Å²) in [4.78, 5) is 24.3. The number of carbonyl (C=O) groups is 2. The number of hydrogen-bond acceptors (Lipinski definition) is 3. The van der Waals surface area contributed by atoms with Crippen LogP contribution in [0.5, 0.6) is 0 Å². The summed E-state index contributed by atoms with van der Waals surface area (Å²) in [5.41, 5.74) is 0.291. The van der Waals surface area contributed by atoms with Gasteiger partial charge < -0.3 is 10.6 Å². The lowest BCUT2D eigenvalue weighted by Crippen LogP contribution is -2.50. The maximum atomic E-state index is 12.9. The van der Waals surface area contributed by atoms with E-state index in [1.54, 1.807) is 0 Å². The number of hydrogen-bond donors (Lipinski definition) is 2. The number of amides is 2. The quantitative estimate of drug-likeness (QED) is 0.756. The maximum Gasteiger partial charge on any atom is 0.251 e. The van der Waals surface area contributed by atoms with E-state index in [0.29, 0.717) is 12.0 Å². The molecule has 5 nitrogen and oxygen atoms in total. The van der Waals surface area contributed by atoms with Gasteiger partial charge in [0.1, 0.15) is 11.9 Å². The van der Waals surface area contributed by atoms with Crippen LogP contribution in [0.2, 0.25) is 0 Å².